The highest BCUT2D eigenvalue weighted by atomic mass is 32.1. The van der Waals surface area contributed by atoms with E-state index in [1.54, 1.807) is 11.3 Å². The summed E-state index contributed by atoms with van der Waals surface area (Å²) in [6.45, 7) is 4.16. The third-order valence-corrected chi connectivity index (χ3v) is 5.71. The van der Waals surface area contributed by atoms with Gasteiger partial charge in [0.05, 0.1) is 0 Å². The number of fused-ring (bicyclic) bond motifs is 3. The van der Waals surface area contributed by atoms with Crippen molar-refractivity contribution >= 4 is 17.2 Å². The number of aryl methyl sites for hydroxylation is 1. The lowest BCUT2D eigenvalue weighted by atomic mass is 9.95. The molecule has 1 fully saturated rings. The van der Waals surface area contributed by atoms with Crippen LogP contribution in [0.25, 0.3) is 11.3 Å². The lowest BCUT2D eigenvalue weighted by Crippen LogP contribution is -2.29. The zero-order valence-corrected chi connectivity index (χ0v) is 14.0. The van der Waals surface area contributed by atoms with Gasteiger partial charge in [-0.15, -0.1) is 11.3 Å². The maximum absolute atomic E-state index is 12.4. The molecular formula is C17H21N3O2S. The fourth-order valence-electron chi connectivity index (χ4n) is 3.50. The second-order valence-corrected chi connectivity index (χ2v) is 7.26. The van der Waals surface area contributed by atoms with E-state index in [1.807, 2.05) is 0 Å². The Bertz CT molecular complexity index is 701. The topological polar surface area (TPSA) is 58.4 Å². The van der Waals surface area contributed by atoms with Gasteiger partial charge in [0.15, 0.2) is 11.5 Å². The molecule has 5 nitrogen and oxygen atoms in total. The molecule has 1 aliphatic carbocycles. The molecule has 1 N–H and O–H groups in total. The summed E-state index contributed by atoms with van der Waals surface area (Å²) in [5, 5.41) is 9.10. The molecule has 2 aromatic rings. The first-order valence-corrected chi connectivity index (χ1v) is 9.27. The van der Waals surface area contributed by atoms with Gasteiger partial charge >= 0.3 is 0 Å². The number of likely N-dealkylation sites (tertiary alicyclic amines) is 1. The van der Waals surface area contributed by atoms with E-state index in [0.29, 0.717) is 12.2 Å². The Labute approximate surface area is 139 Å². The number of aromatic nitrogens is 1. The minimum Gasteiger partial charge on any atom is -0.355 e. The first-order chi connectivity index (χ1) is 11.3. The molecule has 3 heterocycles. The number of carbonyl (C=O) groups is 1. The smallest absolute Gasteiger partial charge is 0.273 e. The van der Waals surface area contributed by atoms with Crippen LogP contribution < -0.4 is 5.32 Å². The quantitative estimate of drug-likeness (QED) is 0.856. The Balaban J connectivity index is 1.36. The van der Waals surface area contributed by atoms with Gasteiger partial charge in [-0.3, -0.25) is 4.79 Å². The molecule has 2 aliphatic rings. The monoisotopic (exact) mass is 331 g/mol. The highest BCUT2D eigenvalue weighted by molar-refractivity contribution is 7.10. The molecule has 6 heteroatoms. The maximum Gasteiger partial charge on any atom is 0.273 e. The van der Waals surface area contributed by atoms with Gasteiger partial charge in [0.2, 0.25) is 0 Å². The first-order valence-electron chi connectivity index (χ1n) is 8.39. The Hall–Kier alpha value is -1.66. The van der Waals surface area contributed by atoms with Crippen molar-refractivity contribution in [2.45, 2.75) is 32.1 Å². The molecule has 0 unspecified atom stereocenters. The molecule has 1 aliphatic heterocycles. The van der Waals surface area contributed by atoms with Crippen LogP contribution in [0.5, 0.6) is 0 Å². The number of thiophene rings is 1. The van der Waals surface area contributed by atoms with Gasteiger partial charge in [-0.1, -0.05) is 5.16 Å². The van der Waals surface area contributed by atoms with Crippen LogP contribution in [0, 0.1) is 0 Å². The molecule has 1 amide bonds. The van der Waals surface area contributed by atoms with Gasteiger partial charge in [-0.05, 0) is 63.2 Å². The largest absolute Gasteiger partial charge is 0.355 e. The fourth-order valence-corrected chi connectivity index (χ4v) is 4.38. The van der Waals surface area contributed by atoms with Gasteiger partial charge in [-0.2, -0.15) is 0 Å². The molecule has 0 saturated carbocycles. The number of nitrogens with one attached hydrogen (secondary N) is 1. The molecule has 0 spiro atoms. The molecular weight excluding hydrogens is 310 g/mol. The Morgan fingerprint density at radius 1 is 1.35 bits per heavy atom. The minimum atomic E-state index is -0.102. The van der Waals surface area contributed by atoms with E-state index in [-0.39, 0.29) is 5.91 Å². The predicted octanol–water partition coefficient (Wildman–Crippen LogP) is 2.72. The van der Waals surface area contributed by atoms with Gasteiger partial charge in [0, 0.05) is 22.5 Å². The van der Waals surface area contributed by atoms with Crippen LogP contribution >= 0.6 is 11.3 Å². The highest BCUT2D eigenvalue weighted by Crippen LogP contribution is 2.37. The van der Waals surface area contributed by atoms with E-state index in [2.05, 4.69) is 26.8 Å². The number of carbonyl (C=O) groups excluding carboxylic acids is 1. The van der Waals surface area contributed by atoms with Crippen molar-refractivity contribution in [1.82, 2.24) is 15.4 Å². The molecule has 4 rings (SSSR count). The van der Waals surface area contributed by atoms with E-state index >= 15 is 0 Å². The number of hydrogen-bond donors (Lipinski definition) is 1. The summed E-state index contributed by atoms with van der Waals surface area (Å²) in [7, 11) is 0. The second kappa shape index (κ2) is 6.45. The Kier molecular flexibility index (Phi) is 4.18. The van der Waals surface area contributed by atoms with E-state index in [9.17, 15) is 4.79 Å². The van der Waals surface area contributed by atoms with Crippen LogP contribution in [-0.2, 0) is 12.8 Å². The molecule has 1 saturated heterocycles. The third kappa shape index (κ3) is 2.93. The van der Waals surface area contributed by atoms with Crippen molar-refractivity contribution in [3.8, 4) is 11.3 Å². The van der Waals surface area contributed by atoms with Gasteiger partial charge in [0.25, 0.3) is 5.91 Å². The van der Waals surface area contributed by atoms with Crippen LogP contribution in [0.1, 0.15) is 40.2 Å². The summed E-state index contributed by atoms with van der Waals surface area (Å²) in [4.78, 5) is 16.2. The van der Waals surface area contributed by atoms with Gasteiger partial charge < -0.3 is 14.7 Å². The highest BCUT2D eigenvalue weighted by Gasteiger charge is 2.28. The van der Waals surface area contributed by atoms with E-state index < -0.39 is 0 Å². The first kappa shape index (κ1) is 14.9. The van der Waals surface area contributed by atoms with Gasteiger partial charge in [0.1, 0.15) is 0 Å². The lowest BCUT2D eigenvalue weighted by Gasteiger charge is -2.14. The third-order valence-electron chi connectivity index (χ3n) is 4.73. The second-order valence-electron chi connectivity index (χ2n) is 6.25. The average molecular weight is 331 g/mol. The molecule has 0 bridgehead atoms. The Morgan fingerprint density at radius 3 is 3.09 bits per heavy atom. The molecule has 0 aromatic carbocycles. The van der Waals surface area contributed by atoms with E-state index in [0.717, 1.165) is 42.7 Å². The average Bonchev–Trinajstić information content (AvgIpc) is 3.29. The normalized spacial score (nSPS) is 17.0. The zero-order valence-electron chi connectivity index (χ0n) is 13.1. The summed E-state index contributed by atoms with van der Waals surface area (Å²) < 4.78 is 5.47. The van der Waals surface area contributed by atoms with Crippen molar-refractivity contribution in [2.24, 2.45) is 0 Å². The minimum absolute atomic E-state index is 0.102. The molecule has 122 valence electrons. The fraction of sp³-hybridized carbons (Fsp3) is 0.529. The lowest BCUT2D eigenvalue weighted by molar-refractivity contribution is 0.0942. The summed E-state index contributed by atoms with van der Waals surface area (Å²) in [5.41, 5.74) is 2.54. The summed E-state index contributed by atoms with van der Waals surface area (Å²) in [6, 6.07) is 2.06. The summed E-state index contributed by atoms with van der Waals surface area (Å²) >= 11 is 1.74. The van der Waals surface area contributed by atoms with Gasteiger partial charge in [-0.25, -0.2) is 0 Å². The van der Waals surface area contributed by atoms with Crippen LogP contribution in [0.15, 0.2) is 16.0 Å². The van der Waals surface area contributed by atoms with Crippen LogP contribution in [0.4, 0.5) is 0 Å². The van der Waals surface area contributed by atoms with Crippen molar-refractivity contribution in [3.05, 3.63) is 27.6 Å². The summed E-state index contributed by atoms with van der Waals surface area (Å²) in [6.07, 6.45) is 5.41. The zero-order chi connectivity index (χ0) is 15.6. The number of amides is 1. The summed E-state index contributed by atoms with van der Waals surface area (Å²) in [5.74, 6) is 0.685. The van der Waals surface area contributed by atoms with Crippen molar-refractivity contribution in [2.75, 3.05) is 26.2 Å². The maximum atomic E-state index is 12.4. The van der Waals surface area contributed by atoms with Crippen LogP contribution in [-0.4, -0.2) is 42.1 Å². The number of nitrogens with zero attached hydrogens (tertiary/aromatic N) is 2. The standard InChI is InChI=1S/C17H21N3O2S/c21-17(18-7-3-10-20-8-1-2-9-20)15-13-4-5-14-12(6-11-23-14)16(13)22-19-15/h6,11H,1-5,7-10H2,(H,18,21). The molecule has 0 atom stereocenters. The molecule has 0 radical (unpaired) electrons. The predicted molar refractivity (Wildman–Crippen MR) is 89.8 cm³/mol. The number of rotatable bonds is 5. The molecule has 23 heavy (non-hydrogen) atoms. The van der Waals surface area contributed by atoms with Crippen LogP contribution in [0.3, 0.4) is 0 Å². The SMILES string of the molecule is O=C(NCCCN1CCCC1)c1noc2c1CCc1sccc1-2. The van der Waals surface area contributed by atoms with Crippen molar-refractivity contribution in [3.63, 3.8) is 0 Å². The Morgan fingerprint density at radius 2 is 2.22 bits per heavy atom. The molecule has 2 aromatic heterocycles. The van der Waals surface area contributed by atoms with Crippen LogP contribution in [0.2, 0.25) is 0 Å². The van der Waals surface area contributed by atoms with Crippen molar-refractivity contribution in [1.29, 1.82) is 0 Å². The van der Waals surface area contributed by atoms with E-state index in [4.69, 9.17) is 4.52 Å². The number of hydrogen-bond acceptors (Lipinski definition) is 5. The van der Waals surface area contributed by atoms with Crippen molar-refractivity contribution < 1.29 is 9.32 Å². The van der Waals surface area contributed by atoms with E-state index in [1.165, 1.54) is 30.8 Å².